The van der Waals surface area contributed by atoms with Crippen molar-refractivity contribution in [1.29, 1.82) is 0 Å². The van der Waals surface area contributed by atoms with Crippen molar-refractivity contribution in [2.75, 3.05) is 0 Å². The lowest BCUT2D eigenvalue weighted by molar-refractivity contribution is -0.118. The summed E-state index contributed by atoms with van der Waals surface area (Å²) in [5.74, 6) is 0.736. The normalized spacial score (nSPS) is 20.8. The minimum Gasteiger partial charge on any atom is -0.490 e. The molecule has 0 fully saturated rings. The molecule has 1 aromatic carbocycles. The van der Waals surface area contributed by atoms with Gasteiger partial charge in [-0.25, -0.2) is 0 Å². The lowest BCUT2D eigenvalue weighted by Crippen LogP contribution is -2.14. The minimum atomic E-state index is -0.240. The van der Waals surface area contributed by atoms with E-state index in [1.165, 1.54) is 6.08 Å². The number of ketones is 1. The number of allylic oxidation sites excluding steroid dienone is 2. The van der Waals surface area contributed by atoms with Crippen molar-refractivity contribution in [3.05, 3.63) is 46.7 Å². The van der Waals surface area contributed by atoms with E-state index >= 15 is 0 Å². The molecule has 0 spiro atoms. The SMILES string of the molecule is CC1=CC(=O)CC(c2ccccc2Cl)O1. The summed E-state index contributed by atoms with van der Waals surface area (Å²) in [6, 6.07) is 7.44. The number of carbonyl (C=O) groups is 1. The topological polar surface area (TPSA) is 26.3 Å². The van der Waals surface area contributed by atoms with Crippen LogP contribution >= 0.6 is 11.6 Å². The smallest absolute Gasteiger partial charge is 0.163 e. The molecule has 0 aromatic heterocycles. The maximum Gasteiger partial charge on any atom is 0.163 e. The van der Waals surface area contributed by atoms with Crippen molar-refractivity contribution in [1.82, 2.24) is 0 Å². The van der Waals surface area contributed by atoms with Crippen molar-refractivity contribution in [3.8, 4) is 0 Å². The van der Waals surface area contributed by atoms with Gasteiger partial charge in [0.25, 0.3) is 0 Å². The molecule has 3 heteroatoms. The van der Waals surface area contributed by atoms with Crippen LogP contribution in [0.2, 0.25) is 5.02 Å². The molecule has 0 saturated carbocycles. The zero-order valence-electron chi connectivity index (χ0n) is 8.37. The van der Waals surface area contributed by atoms with Crippen LogP contribution in [0, 0.1) is 0 Å². The Morgan fingerprint density at radius 1 is 1.40 bits per heavy atom. The van der Waals surface area contributed by atoms with E-state index in [2.05, 4.69) is 0 Å². The van der Waals surface area contributed by atoms with Gasteiger partial charge in [-0.1, -0.05) is 29.8 Å². The van der Waals surface area contributed by atoms with Gasteiger partial charge in [0, 0.05) is 16.7 Å². The highest BCUT2D eigenvalue weighted by atomic mass is 35.5. The highest BCUT2D eigenvalue weighted by Gasteiger charge is 2.23. The summed E-state index contributed by atoms with van der Waals surface area (Å²) in [4.78, 5) is 11.4. The predicted molar refractivity (Wildman–Crippen MR) is 58.7 cm³/mol. The van der Waals surface area contributed by atoms with Gasteiger partial charge in [0.05, 0.1) is 12.2 Å². The molecule has 2 nitrogen and oxygen atoms in total. The van der Waals surface area contributed by atoms with Gasteiger partial charge in [0.1, 0.15) is 6.10 Å². The third-order valence-electron chi connectivity index (χ3n) is 2.33. The Morgan fingerprint density at radius 3 is 2.80 bits per heavy atom. The van der Waals surface area contributed by atoms with Crippen LogP contribution in [0.25, 0.3) is 0 Å². The van der Waals surface area contributed by atoms with Gasteiger partial charge in [-0.3, -0.25) is 4.79 Å². The number of halogens is 1. The average Bonchev–Trinajstić information content (AvgIpc) is 2.16. The first-order valence-corrected chi connectivity index (χ1v) is 5.17. The third kappa shape index (κ3) is 2.21. The van der Waals surface area contributed by atoms with Crippen LogP contribution in [0.1, 0.15) is 25.0 Å². The molecule has 0 aliphatic carbocycles. The molecule has 0 radical (unpaired) electrons. The van der Waals surface area contributed by atoms with Gasteiger partial charge >= 0.3 is 0 Å². The van der Waals surface area contributed by atoms with Crippen LogP contribution in [0.4, 0.5) is 0 Å². The Morgan fingerprint density at radius 2 is 2.13 bits per heavy atom. The number of carbonyl (C=O) groups excluding carboxylic acids is 1. The molecule has 0 N–H and O–H groups in total. The maximum absolute atomic E-state index is 11.4. The van der Waals surface area contributed by atoms with Crippen molar-refractivity contribution in [2.24, 2.45) is 0 Å². The number of ether oxygens (including phenoxy) is 1. The van der Waals surface area contributed by atoms with Crippen molar-refractivity contribution < 1.29 is 9.53 Å². The Kier molecular flexibility index (Phi) is 2.78. The molecule has 0 saturated heterocycles. The molecule has 15 heavy (non-hydrogen) atoms. The lowest BCUT2D eigenvalue weighted by atomic mass is 10.0. The number of hydrogen-bond acceptors (Lipinski definition) is 2. The van der Waals surface area contributed by atoms with E-state index in [1.807, 2.05) is 18.2 Å². The summed E-state index contributed by atoms with van der Waals surface area (Å²) in [5, 5.41) is 0.644. The van der Waals surface area contributed by atoms with Gasteiger partial charge in [-0.15, -0.1) is 0 Å². The van der Waals surface area contributed by atoms with Gasteiger partial charge < -0.3 is 4.74 Å². The number of benzene rings is 1. The average molecular weight is 223 g/mol. The monoisotopic (exact) mass is 222 g/mol. The second kappa shape index (κ2) is 4.07. The van der Waals surface area contributed by atoms with Crippen LogP contribution in [-0.2, 0) is 9.53 Å². The number of rotatable bonds is 1. The molecular weight excluding hydrogens is 212 g/mol. The van der Waals surface area contributed by atoms with Crippen LogP contribution < -0.4 is 0 Å². The van der Waals surface area contributed by atoms with E-state index in [4.69, 9.17) is 16.3 Å². The fourth-order valence-corrected chi connectivity index (χ4v) is 1.94. The van der Waals surface area contributed by atoms with E-state index in [0.717, 1.165) is 5.56 Å². The van der Waals surface area contributed by atoms with Crippen molar-refractivity contribution in [2.45, 2.75) is 19.4 Å². The molecule has 1 aromatic rings. The van der Waals surface area contributed by atoms with Gasteiger partial charge in [-0.2, -0.15) is 0 Å². The summed E-state index contributed by atoms with van der Waals surface area (Å²) >= 11 is 6.04. The summed E-state index contributed by atoms with van der Waals surface area (Å²) in [7, 11) is 0. The molecule has 0 amide bonds. The van der Waals surface area contributed by atoms with Crippen molar-refractivity contribution >= 4 is 17.4 Å². The maximum atomic E-state index is 11.4. The Bertz CT molecular complexity index is 423. The van der Waals surface area contributed by atoms with E-state index < -0.39 is 0 Å². The highest BCUT2D eigenvalue weighted by Crippen LogP contribution is 2.32. The second-order valence-corrected chi connectivity index (χ2v) is 3.96. The van der Waals surface area contributed by atoms with Gasteiger partial charge in [0.15, 0.2) is 5.78 Å². The zero-order chi connectivity index (χ0) is 10.8. The van der Waals surface area contributed by atoms with E-state index in [-0.39, 0.29) is 11.9 Å². The minimum absolute atomic E-state index is 0.0867. The first kappa shape index (κ1) is 10.2. The fraction of sp³-hybridized carbons (Fsp3) is 0.250. The Labute approximate surface area is 93.5 Å². The standard InChI is InChI=1S/C12H11ClO2/c1-8-6-9(14)7-12(15-8)10-4-2-3-5-11(10)13/h2-6,12H,7H2,1H3. The predicted octanol–water partition coefficient (Wildman–Crippen LogP) is 3.27. The second-order valence-electron chi connectivity index (χ2n) is 3.55. The summed E-state index contributed by atoms with van der Waals surface area (Å²) in [6.45, 7) is 1.78. The first-order valence-electron chi connectivity index (χ1n) is 4.79. The summed E-state index contributed by atoms with van der Waals surface area (Å²) in [6.07, 6.45) is 1.64. The first-order chi connectivity index (χ1) is 7.16. The highest BCUT2D eigenvalue weighted by molar-refractivity contribution is 6.31. The molecule has 78 valence electrons. The quantitative estimate of drug-likeness (QED) is 0.729. The molecule has 1 heterocycles. The molecule has 1 aliphatic heterocycles. The lowest BCUT2D eigenvalue weighted by Gasteiger charge is -2.23. The molecule has 0 bridgehead atoms. The van der Waals surface area contributed by atoms with E-state index in [1.54, 1.807) is 13.0 Å². The van der Waals surface area contributed by atoms with Crippen LogP contribution in [-0.4, -0.2) is 5.78 Å². The summed E-state index contributed by atoms with van der Waals surface area (Å²) < 4.78 is 5.58. The van der Waals surface area contributed by atoms with Crippen LogP contribution in [0.5, 0.6) is 0 Å². The third-order valence-corrected chi connectivity index (χ3v) is 2.68. The molecule has 1 aliphatic rings. The van der Waals surface area contributed by atoms with Crippen LogP contribution in [0.15, 0.2) is 36.1 Å². The van der Waals surface area contributed by atoms with Gasteiger partial charge in [0.2, 0.25) is 0 Å². The Hall–Kier alpha value is -1.28. The summed E-state index contributed by atoms with van der Waals surface area (Å²) in [5.41, 5.74) is 0.875. The van der Waals surface area contributed by atoms with Crippen molar-refractivity contribution in [3.63, 3.8) is 0 Å². The zero-order valence-corrected chi connectivity index (χ0v) is 9.12. The van der Waals surface area contributed by atoms with Gasteiger partial charge in [-0.05, 0) is 13.0 Å². The fourth-order valence-electron chi connectivity index (χ4n) is 1.68. The number of hydrogen-bond donors (Lipinski definition) is 0. The van der Waals surface area contributed by atoms with Crippen LogP contribution in [0.3, 0.4) is 0 Å². The molecule has 2 rings (SSSR count). The van der Waals surface area contributed by atoms with E-state index in [0.29, 0.717) is 17.2 Å². The molecule has 1 unspecified atom stereocenters. The molecular formula is C12H11ClO2. The molecule has 1 atom stereocenters. The Balaban J connectivity index is 2.30. The largest absolute Gasteiger partial charge is 0.490 e. The van der Waals surface area contributed by atoms with E-state index in [9.17, 15) is 4.79 Å².